The fourth-order valence-corrected chi connectivity index (χ4v) is 1.84. The molecule has 0 aliphatic heterocycles. The number of amides is 1. The van der Waals surface area contributed by atoms with E-state index in [0.29, 0.717) is 12.1 Å². The molecule has 84 valence electrons. The van der Waals surface area contributed by atoms with Gasteiger partial charge in [0.1, 0.15) is 6.29 Å². The lowest BCUT2D eigenvalue weighted by Gasteiger charge is -2.09. The van der Waals surface area contributed by atoms with Crippen LogP contribution in [0.25, 0.3) is 0 Å². The van der Waals surface area contributed by atoms with Crippen LogP contribution in [0.2, 0.25) is 0 Å². The minimum absolute atomic E-state index is 0.0777. The lowest BCUT2D eigenvalue weighted by Crippen LogP contribution is -2.23. The highest BCUT2D eigenvalue weighted by Gasteiger charge is 2.44. The third-order valence-corrected chi connectivity index (χ3v) is 3.05. The van der Waals surface area contributed by atoms with Crippen LogP contribution in [-0.2, 0) is 10.2 Å². The van der Waals surface area contributed by atoms with Crippen LogP contribution in [0.1, 0.15) is 35.7 Å². The summed E-state index contributed by atoms with van der Waals surface area (Å²) in [5.41, 5.74) is 1.29. The quantitative estimate of drug-likeness (QED) is 0.780. The summed E-state index contributed by atoms with van der Waals surface area (Å²) in [7, 11) is 0. The summed E-state index contributed by atoms with van der Waals surface area (Å²) in [5, 5.41) is 2.75. The zero-order chi connectivity index (χ0) is 11.6. The summed E-state index contributed by atoms with van der Waals surface area (Å²) in [6.45, 7) is 2.50. The van der Waals surface area contributed by atoms with E-state index in [1.807, 2.05) is 25.1 Å². The Bertz CT molecular complexity index is 422. The van der Waals surface area contributed by atoms with E-state index in [-0.39, 0.29) is 11.3 Å². The molecule has 1 aromatic carbocycles. The van der Waals surface area contributed by atoms with Crippen LogP contribution >= 0.6 is 0 Å². The number of hydrogen-bond acceptors (Lipinski definition) is 2. The van der Waals surface area contributed by atoms with E-state index in [1.165, 1.54) is 0 Å². The van der Waals surface area contributed by atoms with Gasteiger partial charge in [-0.25, -0.2) is 0 Å². The second-order valence-electron chi connectivity index (χ2n) is 4.21. The number of aldehydes is 1. The van der Waals surface area contributed by atoms with E-state index in [1.54, 1.807) is 6.07 Å². The van der Waals surface area contributed by atoms with Gasteiger partial charge in [-0.2, -0.15) is 0 Å². The van der Waals surface area contributed by atoms with Gasteiger partial charge in [-0.05, 0) is 37.5 Å². The molecule has 0 saturated heterocycles. The van der Waals surface area contributed by atoms with Gasteiger partial charge in [0, 0.05) is 12.1 Å². The fraction of sp³-hybridized carbons (Fsp3) is 0.385. The zero-order valence-electron chi connectivity index (χ0n) is 9.32. The third kappa shape index (κ3) is 1.85. The number of benzene rings is 1. The number of nitrogens with one attached hydrogen (secondary N) is 1. The maximum Gasteiger partial charge on any atom is 0.251 e. The molecular formula is C13H15NO2. The summed E-state index contributed by atoms with van der Waals surface area (Å²) in [6.07, 6.45) is 2.80. The maximum atomic E-state index is 11.6. The van der Waals surface area contributed by atoms with Crippen molar-refractivity contribution in [2.45, 2.75) is 25.2 Å². The fourth-order valence-electron chi connectivity index (χ4n) is 1.84. The van der Waals surface area contributed by atoms with E-state index >= 15 is 0 Å². The van der Waals surface area contributed by atoms with Crippen LogP contribution in [-0.4, -0.2) is 18.7 Å². The number of carbonyl (C=O) groups excluding carboxylic acids is 2. The number of carbonyl (C=O) groups is 2. The topological polar surface area (TPSA) is 46.2 Å². The van der Waals surface area contributed by atoms with Gasteiger partial charge in [-0.1, -0.05) is 12.1 Å². The Labute approximate surface area is 94.9 Å². The molecule has 1 aliphatic rings. The molecular weight excluding hydrogens is 202 g/mol. The summed E-state index contributed by atoms with van der Waals surface area (Å²) in [4.78, 5) is 22.6. The SMILES string of the molecule is CCNC(=O)c1cccc(C2(C=O)CC2)c1. The van der Waals surface area contributed by atoms with Crippen molar-refractivity contribution in [3.8, 4) is 0 Å². The molecule has 3 heteroatoms. The highest BCUT2D eigenvalue weighted by atomic mass is 16.1. The molecule has 0 unspecified atom stereocenters. The highest BCUT2D eigenvalue weighted by Crippen LogP contribution is 2.46. The van der Waals surface area contributed by atoms with Crippen molar-refractivity contribution in [2.24, 2.45) is 0 Å². The van der Waals surface area contributed by atoms with E-state index in [0.717, 1.165) is 24.7 Å². The van der Waals surface area contributed by atoms with Gasteiger partial charge < -0.3 is 10.1 Å². The second-order valence-corrected chi connectivity index (χ2v) is 4.21. The molecule has 1 aliphatic carbocycles. The van der Waals surface area contributed by atoms with Crippen molar-refractivity contribution >= 4 is 12.2 Å². The first-order valence-electron chi connectivity index (χ1n) is 5.57. The van der Waals surface area contributed by atoms with Crippen molar-refractivity contribution < 1.29 is 9.59 Å². The smallest absolute Gasteiger partial charge is 0.251 e. The van der Waals surface area contributed by atoms with Crippen molar-refractivity contribution in [1.29, 1.82) is 0 Å². The van der Waals surface area contributed by atoms with Crippen molar-refractivity contribution in [3.63, 3.8) is 0 Å². The van der Waals surface area contributed by atoms with Gasteiger partial charge in [0.05, 0.1) is 5.41 Å². The largest absolute Gasteiger partial charge is 0.352 e. The summed E-state index contributed by atoms with van der Waals surface area (Å²) in [6, 6.07) is 7.36. The lowest BCUT2D eigenvalue weighted by molar-refractivity contribution is -0.109. The average Bonchev–Trinajstić information content (AvgIpc) is 3.10. The molecule has 0 radical (unpaired) electrons. The summed E-state index contributed by atoms with van der Waals surface area (Å²) >= 11 is 0. The molecule has 0 spiro atoms. The van der Waals surface area contributed by atoms with Crippen LogP contribution < -0.4 is 5.32 Å². The average molecular weight is 217 g/mol. The van der Waals surface area contributed by atoms with Gasteiger partial charge in [0.15, 0.2) is 0 Å². The molecule has 0 atom stereocenters. The molecule has 1 fully saturated rings. The molecule has 0 bridgehead atoms. The molecule has 0 heterocycles. The van der Waals surface area contributed by atoms with E-state index in [9.17, 15) is 9.59 Å². The zero-order valence-corrected chi connectivity index (χ0v) is 9.32. The molecule has 16 heavy (non-hydrogen) atoms. The van der Waals surface area contributed by atoms with Gasteiger partial charge in [-0.3, -0.25) is 4.79 Å². The van der Waals surface area contributed by atoms with Crippen LogP contribution in [0.4, 0.5) is 0 Å². The Balaban J connectivity index is 2.26. The van der Waals surface area contributed by atoms with Gasteiger partial charge in [-0.15, -0.1) is 0 Å². The third-order valence-electron chi connectivity index (χ3n) is 3.05. The van der Waals surface area contributed by atoms with Crippen LogP contribution in [0.15, 0.2) is 24.3 Å². The van der Waals surface area contributed by atoms with E-state index in [2.05, 4.69) is 5.32 Å². The summed E-state index contributed by atoms with van der Waals surface area (Å²) in [5.74, 6) is -0.0777. The molecule has 1 aromatic rings. The predicted octanol–water partition coefficient (Wildman–Crippen LogP) is 1.67. The van der Waals surface area contributed by atoms with Crippen molar-refractivity contribution in [1.82, 2.24) is 5.32 Å². The van der Waals surface area contributed by atoms with Gasteiger partial charge in [0.25, 0.3) is 5.91 Å². The first-order chi connectivity index (χ1) is 7.72. The van der Waals surface area contributed by atoms with Crippen molar-refractivity contribution in [3.05, 3.63) is 35.4 Å². The molecule has 1 N–H and O–H groups in total. The van der Waals surface area contributed by atoms with Gasteiger partial charge in [0.2, 0.25) is 0 Å². The molecule has 3 nitrogen and oxygen atoms in total. The first kappa shape index (κ1) is 10.9. The lowest BCUT2D eigenvalue weighted by atomic mass is 9.96. The monoisotopic (exact) mass is 217 g/mol. The molecule has 2 rings (SSSR count). The normalized spacial score (nSPS) is 16.6. The van der Waals surface area contributed by atoms with Crippen LogP contribution in [0, 0.1) is 0 Å². The minimum atomic E-state index is -0.303. The van der Waals surface area contributed by atoms with E-state index < -0.39 is 0 Å². The Morgan fingerprint density at radius 2 is 2.25 bits per heavy atom. The predicted molar refractivity (Wildman–Crippen MR) is 61.4 cm³/mol. The second kappa shape index (κ2) is 4.08. The van der Waals surface area contributed by atoms with Crippen LogP contribution in [0.5, 0.6) is 0 Å². The van der Waals surface area contributed by atoms with E-state index in [4.69, 9.17) is 0 Å². The molecule has 1 saturated carbocycles. The molecule has 1 amide bonds. The van der Waals surface area contributed by atoms with Crippen molar-refractivity contribution in [2.75, 3.05) is 6.54 Å². The Hall–Kier alpha value is -1.64. The minimum Gasteiger partial charge on any atom is -0.352 e. The molecule has 0 aromatic heterocycles. The Morgan fingerprint density at radius 3 is 2.81 bits per heavy atom. The highest BCUT2D eigenvalue weighted by molar-refractivity contribution is 5.94. The Kier molecular flexibility index (Phi) is 2.77. The van der Waals surface area contributed by atoms with Gasteiger partial charge >= 0.3 is 0 Å². The standard InChI is InChI=1S/C13H15NO2/c1-2-14-12(16)10-4-3-5-11(8-10)13(9-15)6-7-13/h3-5,8-9H,2,6-7H2,1H3,(H,14,16). The van der Waals surface area contributed by atoms with Crippen LogP contribution in [0.3, 0.4) is 0 Å². The number of hydrogen-bond donors (Lipinski definition) is 1. The Morgan fingerprint density at radius 1 is 1.50 bits per heavy atom. The first-order valence-corrected chi connectivity index (χ1v) is 5.57. The summed E-state index contributed by atoms with van der Waals surface area (Å²) < 4.78 is 0. The maximum absolute atomic E-state index is 11.6. The number of rotatable bonds is 4.